The molecule has 0 bridgehead atoms. The third kappa shape index (κ3) is 6.24. The zero-order valence-electron chi connectivity index (χ0n) is 26.5. The molecule has 1 heterocycles. The number of carbonyl (C=O) groups excluding carboxylic acids is 2. The first-order chi connectivity index (χ1) is 22.1. The molecule has 2 aliphatic carbocycles. The summed E-state index contributed by atoms with van der Waals surface area (Å²) in [5.41, 5.74) is 3.48. The Balaban J connectivity index is 1.48. The van der Waals surface area contributed by atoms with Crippen LogP contribution in [0.3, 0.4) is 0 Å². The summed E-state index contributed by atoms with van der Waals surface area (Å²) in [6.07, 6.45) is 2.07. The Morgan fingerprint density at radius 2 is 1.36 bits per heavy atom. The van der Waals surface area contributed by atoms with Gasteiger partial charge in [-0.3, -0.25) is 29.8 Å². The summed E-state index contributed by atoms with van der Waals surface area (Å²) >= 11 is 3.55. The van der Waals surface area contributed by atoms with Crippen LogP contribution in [0.25, 0.3) is 0 Å². The lowest BCUT2D eigenvalue weighted by Crippen LogP contribution is -2.44. The third-order valence-corrected chi connectivity index (χ3v) is 9.68. The smallest absolute Gasteiger partial charge is 0.318 e. The number of ether oxygens (including phenoxy) is 1. The number of nitro groups is 2. The van der Waals surface area contributed by atoms with Gasteiger partial charge in [-0.2, -0.15) is 0 Å². The molecule has 3 aliphatic rings. The molecule has 0 atom stereocenters. The molecule has 0 unspecified atom stereocenters. The van der Waals surface area contributed by atoms with Crippen molar-refractivity contribution in [1.29, 1.82) is 0 Å². The highest BCUT2D eigenvalue weighted by atomic mass is 79.9. The van der Waals surface area contributed by atoms with Crippen LogP contribution in [0.2, 0.25) is 0 Å². The highest BCUT2D eigenvalue weighted by Crippen LogP contribution is 2.55. The second kappa shape index (κ2) is 11.9. The van der Waals surface area contributed by atoms with Crippen molar-refractivity contribution in [1.82, 2.24) is 4.90 Å². The fraction of sp³-hybridized carbons (Fsp3) is 0.333. The fourth-order valence-electron chi connectivity index (χ4n) is 7.08. The first kappa shape index (κ1) is 32.3. The van der Waals surface area contributed by atoms with Gasteiger partial charge in [-0.25, -0.2) is 0 Å². The normalized spacial score (nSPS) is 19.0. The summed E-state index contributed by atoms with van der Waals surface area (Å²) in [5, 5.41) is 22.9. The van der Waals surface area contributed by atoms with Crippen LogP contribution in [0.1, 0.15) is 70.4 Å². The van der Waals surface area contributed by atoms with Gasteiger partial charge in [-0.05, 0) is 68.9 Å². The number of benzene rings is 3. The summed E-state index contributed by atoms with van der Waals surface area (Å²) in [4.78, 5) is 52.0. The maximum absolute atomic E-state index is 14.1. The van der Waals surface area contributed by atoms with Crippen molar-refractivity contribution >= 4 is 38.9 Å². The van der Waals surface area contributed by atoms with Gasteiger partial charge < -0.3 is 9.64 Å². The van der Waals surface area contributed by atoms with Gasteiger partial charge in [0.2, 0.25) is 5.75 Å². The zero-order valence-corrected chi connectivity index (χ0v) is 28.1. The molecule has 0 fully saturated rings. The van der Waals surface area contributed by atoms with Crippen LogP contribution in [-0.2, 0) is 16.1 Å². The van der Waals surface area contributed by atoms with Gasteiger partial charge >= 0.3 is 5.69 Å². The molecule has 0 saturated heterocycles. The summed E-state index contributed by atoms with van der Waals surface area (Å²) in [5.74, 6) is -0.475. The minimum absolute atomic E-state index is 0.0152. The number of nitrogens with zero attached hydrogens (tertiary/aromatic N) is 3. The van der Waals surface area contributed by atoms with Crippen LogP contribution in [-0.4, -0.2) is 26.3 Å². The summed E-state index contributed by atoms with van der Waals surface area (Å²) in [7, 11) is 0. The van der Waals surface area contributed by atoms with E-state index in [2.05, 4.69) is 60.7 Å². The lowest BCUT2D eigenvalue weighted by atomic mass is 9.63. The lowest BCUT2D eigenvalue weighted by molar-refractivity contribution is -0.394. The van der Waals surface area contributed by atoms with Gasteiger partial charge in [0.05, 0.1) is 20.4 Å². The van der Waals surface area contributed by atoms with E-state index in [-0.39, 0.29) is 33.9 Å². The number of allylic oxidation sites excluding steroid dienone is 4. The summed E-state index contributed by atoms with van der Waals surface area (Å²) in [6.45, 7) is 8.95. The molecule has 11 heteroatoms. The number of hydrogen-bond acceptors (Lipinski definition) is 8. The summed E-state index contributed by atoms with van der Waals surface area (Å²) < 4.78 is 6.34. The number of nitro benzene ring substituents is 2. The first-order valence-electron chi connectivity index (χ1n) is 15.4. The molecule has 10 nitrogen and oxygen atoms in total. The minimum Gasteiger partial charge on any atom is -0.449 e. The maximum Gasteiger partial charge on any atom is 0.318 e. The van der Waals surface area contributed by atoms with E-state index in [0.29, 0.717) is 47.8 Å². The van der Waals surface area contributed by atoms with Crippen LogP contribution in [0, 0.1) is 31.1 Å². The molecule has 3 aromatic rings. The summed E-state index contributed by atoms with van der Waals surface area (Å²) in [6, 6.07) is 18.5. The van der Waals surface area contributed by atoms with E-state index in [9.17, 15) is 29.8 Å². The second-order valence-electron chi connectivity index (χ2n) is 14.1. The van der Waals surface area contributed by atoms with Gasteiger partial charge in [0, 0.05) is 53.9 Å². The van der Waals surface area contributed by atoms with Gasteiger partial charge in [0.15, 0.2) is 11.6 Å². The van der Waals surface area contributed by atoms with E-state index < -0.39 is 27.1 Å². The predicted molar refractivity (Wildman–Crippen MR) is 179 cm³/mol. The van der Waals surface area contributed by atoms with Crippen LogP contribution in [0.5, 0.6) is 11.5 Å². The fourth-order valence-corrected chi connectivity index (χ4v) is 7.56. The Kier molecular flexibility index (Phi) is 8.15. The van der Waals surface area contributed by atoms with Crippen molar-refractivity contribution < 1.29 is 24.2 Å². The Morgan fingerprint density at radius 3 is 1.89 bits per heavy atom. The third-order valence-electron chi connectivity index (χ3n) is 9.06. The van der Waals surface area contributed by atoms with Crippen molar-refractivity contribution in [3.8, 4) is 11.5 Å². The number of hydrogen-bond donors (Lipinski definition) is 0. The Labute approximate surface area is 280 Å². The highest BCUT2D eigenvalue weighted by Gasteiger charge is 2.49. The number of rotatable bonds is 7. The quantitative estimate of drug-likeness (QED) is 0.176. The molecule has 6 rings (SSSR count). The van der Waals surface area contributed by atoms with Crippen molar-refractivity contribution in [3.05, 3.63) is 125 Å². The van der Waals surface area contributed by atoms with E-state index in [1.165, 1.54) is 6.07 Å². The highest BCUT2D eigenvalue weighted by molar-refractivity contribution is 9.10. The van der Waals surface area contributed by atoms with E-state index in [1.54, 1.807) is 18.2 Å². The average molecular weight is 701 g/mol. The second-order valence-corrected chi connectivity index (χ2v) is 14.9. The Bertz CT molecular complexity index is 1860. The van der Waals surface area contributed by atoms with Gasteiger partial charge in [0.1, 0.15) is 5.75 Å². The molecule has 0 N–H and O–H groups in total. The van der Waals surface area contributed by atoms with Gasteiger partial charge in [-0.1, -0.05) is 64.1 Å². The number of carbonyl (C=O) groups is 2. The predicted octanol–water partition coefficient (Wildman–Crippen LogP) is 8.94. The Morgan fingerprint density at radius 1 is 0.787 bits per heavy atom. The molecule has 3 aromatic carbocycles. The molecule has 1 aliphatic heterocycles. The van der Waals surface area contributed by atoms with Gasteiger partial charge in [-0.15, -0.1) is 0 Å². The van der Waals surface area contributed by atoms with Crippen molar-refractivity contribution in [3.63, 3.8) is 0 Å². The molecular weight excluding hydrogens is 666 g/mol. The molecular formula is C36H34BrN3O7. The van der Waals surface area contributed by atoms with E-state index in [1.807, 2.05) is 18.2 Å². The van der Waals surface area contributed by atoms with E-state index in [0.717, 1.165) is 34.7 Å². The van der Waals surface area contributed by atoms with Crippen molar-refractivity contribution in [2.24, 2.45) is 10.8 Å². The molecule has 0 amide bonds. The number of Topliss-reactive ketones (excluding diaryl/α,β-unsaturated/α-hetero) is 2. The number of ketones is 2. The Hall–Kier alpha value is -4.64. The zero-order chi connectivity index (χ0) is 33.8. The van der Waals surface area contributed by atoms with Crippen molar-refractivity contribution in [2.45, 2.75) is 65.8 Å². The molecule has 0 aromatic heterocycles. The molecule has 0 spiro atoms. The molecule has 0 saturated carbocycles. The van der Waals surface area contributed by atoms with Crippen LogP contribution in [0.15, 0.2) is 93.7 Å². The molecule has 242 valence electrons. The topological polar surface area (TPSA) is 133 Å². The average Bonchev–Trinajstić information content (AvgIpc) is 2.98. The number of non-ortho nitro benzene ring substituents is 1. The van der Waals surface area contributed by atoms with Gasteiger partial charge in [0.25, 0.3) is 5.69 Å². The molecule has 0 radical (unpaired) electrons. The minimum atomic E-state index is -0.734. The van der Waals surface area contributed by atoms with Crippen LogP contribution in [0.4, 0.5) is 11.4 Å². The monoisotopic (exact) mass is 699 g/mol. The van der Waals surface area contributed by atoms with Crippen molar-refractivity contribution in [2.75, 3.05) is 0 Å². The standard InChI is InChI=1S/C36H34BrN3O7/c1-35(2)16-26-33(28(41)18-35)32(34-27(17-36(3,4)19-29(34)42)38(26)20-21-8-6-5-7-9-21)22-10-12-30(24(37)14-22)47-31-13-11-23(39(43)44)15-25(31)40(45)46/h5-15,32H,16-20H2,1-4H3. The maximum atomic E-state index is 14.1. The van der Waals surface area contributed by atoms with E-state index >= 15 is 0 Å². The number of halogens is 1. The van der Waals surface area contributed by atoms with E-state index in [4.69, 9.17) is 4.74 Å². The SMILES string of the molecule is CC1(C)CC(=O)C2=C(C1)N(Cc1ccccc1)C1=C(C(=O)CC(C)(C)C1)C2c1ccc(Oc2ccc([N+](=O)[O-])cc2[N+](=O)[O-])c(Br)c1. The first-order valence-corrected chi connectivity index (χ1v) is 16.2. The van der Waals surface area contributed by atoms with Crippen LogP contribution < -0.4 is 4.74 Å². The lowest BCUT2D eigenvalue weighted by Gasteiger charge is -2.49. The van der Waals surface area contributed by atoms with Crippen LogP contribution >= 0.6 is 15.9 Å². The molecule has 47 heavy (non-hydrogen) atoms. The largest absolute Gasteiger partial charge is 0.449 e.